The summed E-state index contributed by atoms with van der Waals surface area (Å²) < 4.78 is 10.1. The molecule has 0 heterocycles. The Balaban J connectivity index is 1.79. The number of hydrogen-bond acceptors (Lipinski definition) is 5. The van der Waals surface area contributed by atoms with E-state index in [1.807, 2.05) is 24.3 Å². The lowest BCUT2D eigenvalue weighted by Gasteiger charge is -2.11. The van der Waals surface area contributed by atoms with Gasteiger partial charge in [0.25, 0.3) is 0 Å². The van der Waals surface area contributed by atoms with Crippen molar-refractivity contribution in [3.05, 3.63) is 59.7 Å². The largest absolute Gasteiger partial charge is 0.497 e. The minimum atomic E-state index is -0.448. The monoisotopic (exact) mass is 356 g/mol. The highest BCUT2D eigenvalue weighted by molar-refractivity contribution is 6.01. The van der Waals surface area contributed by atoms with Crippen LogP contribution >= 0.6 is 0 Å². The van der Waals surface area contributed by atoms with E-state index in [-0.39, 0.29) is 19.1 Å². The van der Waals surface area contributed by atoms with Gasteiger partial charge >= 0.3 is 5.97 Å². The van der Waals surface area contributed by atoms with Gasteiger partial charge in [0.05, 0.1) is 31.5 Å². The SMILES string of the molecule is CCOC(=O)c1ccccc1NC(=O)CNCCc1ccc(OC)cc1. The molecule has 0 aliphatic rings. The number of anilines is 1. The molecule has 0 unspecified atom stereocenters. The van der Waals surface area contributed by atoms with Crippen molar-refractivity contribution in [3.8, 4) is 5.75 Å². The molecule has 0 bridgehead atoms. The number of nitrogens with one attached hydrogen (secondary N) is 2. The average molecular weight is 356 g/mol. The molecule has 0 saturated heterocycles. The molecule has 0 radical (unpaired) electrons. The number of ether oxygens (including phenoxy) is 2. The summed E-state index contributed by atoms with van der Waals surface area (Å²) >= 11 is 0. The van der Waals surface area contributed by atoms with Crippen LogP contribution in [0.25, 0.3) is 0 Å². The van der Waals surface area contributed by atoms with E-state index in [1.54, 1.807) is 38.3 Å². The summed E-state index contributed by atoms with van der Waals surface area (Å²) in [5.74, 6) is 0.161. The van der Waals surface area contributed by atoms with Gasteiger partial charge in [-0.15, -0.1) is 0 Å². The zero-order chi connectivity index (χ0) is 18.8. The fraction of sp³-hybridized carbons (Fsp3) is 0.300. The highest BCUT2D eigenvalue weighted by Gasteiger charge is 2.13. The fourth-order valence-corrected chi connectivity index (χ4v) is 2.40. The Morgan fingerprint density at radius 1 is 1.04 bits per heavy atom. The van der Waals surface area contributed by atoms with Gasteiger partial charge in [-0.2, -0.15) is 0 Å². The van der Waals surface area contributed by atoms with Gasteiger partial charge in [0.15, 0.2) is 0 Å². The molecule has 0 aliphatic carbocycles. The van der Waals surface area contributed by atoms with Gasteiger partial charge in [-0.1, -0.05) is 24.3 Å². The van der Waals surface area contributed by atoms with Crippen molar-refractivity contribution in [2.75, 3.05) is 32.1 Å². The second kappa shape index (κ2) is 10.2. The van der Waals surface area contributed by atoms with Crippen LogP contribution in [0.1, 0.15) is 22.8 Å². The molecule has 138 valence electrons. The first-order valence-corrected chi connectivity index (χ1v) is 8.53. The van der Waals surface area contributed by atoms with E-state index in [9.17, 15) is 9.59 Å². The van der Waals surface area contributed by atoms with Crippen molar-refractivity contribution < 1.29 is 19.1 Å². The van der Waals surface area contributed by atoms with Crippen molar-refractivity contribution in [3.63, 3.8) is 0 Å². The molecule has 1 amide bonds. The second-order valence-electron chi connectivity index (χ2n) is 5.59. The number of esters is 1. The van der Waals surface area contributed by atoms with E-state index < -0.39 is 5.97 Å². The molecule has 6 heteroatoms. The molecule has 2 N–H and O–H groups in total. The van der Waals surface area contributed by atoms with Crippen LogP contribution in [-0.4, -0.2) is 38.7 Å². The van der Waals surface area contributed by atoms with Crippen molar-refractivity contribution >= 4 is 17.6 Å². The van der Waals surface area contributed by atoms with E-state index in [2.05, 4.69) is 10.6 Å². The lowest BCUT2D eigenvalue weighted by molar-refractivity contribution is -0.115. The third-order valence-corrected chi connectivity index (χ3v) is 3.73. The fourth-order valence-electron chi connectivity index (χ4n) is 2.40. The summed E-state index contributed by atoms with van der Waals surface area (Å²) in [6, 6.07) is 14.6. The van der Waals surface area contributed by atoms with Gasteiger partial charge in [0, 0.05) is 0 Å². The van der Waals surface area contributed by atoms with Gasteiger partial charge in [-0.3, -0.25) is 4.79 Å². The predicted octanol–water partition coefficient (Wildman–Crippen LogP) is 2.64. The number of rotatable bonds is 9. The van der Waals surface area contributed by atoms with Crippen LogP contribution in [0.15, 0.2) is 48.5 Å². The lowest BCUT2D eigenvalue weighted by atomic mass is 10.1. The van der Waals surface area contributed by atoms with Crippen molar-refractivity contribution in [1.82, 2.24) is 5.32 Å². The van der Waals surface area contributed by atoms with Crippen LogP contribution in [0.2, 0.25) is 0 Å². The summed E-state index contributed by atoms with van der Waals surface area (Å²) in [4.78, 5) is 24.0. The van der Waals surface area contributed by atoms with Crippen LogP contribution in [0, 0.1) is 0 Å². The zero-order valence-corrected chi connectivity index (χ0v) is 15.1. The maximum Gasteiger partial charge on any atom is 0.340 e. The number of hydrogen-bond donors (Lipinski definition) is 2. The molecule has 2 aromatic rings. The molecular weight excluding hydrogens is 332 g/mol. The number of benzene rings is 2. The Bertz CT molecular complexity index is 729. The molecule has 0 aliphatic heterocycles. The number of amides is 1. The van der Waals surface area contributed by atoms with Crippen LogP contribution < -0.4 is 15.4 Å². The number of para-hydroxylation sites is 1. The van der Waals surface area contributed by atoms with E-state index in [4.69, 9.17) is 9.47 Å². The first-order valence-electron chi connectivity index (χ1n) is 8.53. The van der Waals surface area contributed by atoms with Gasteiger partial charge in [0.2, 0.25) is 5.91 Å². The lowest BCUT2D eigenvalue weighted by Crippen LogP contribution is -2.30. The summed E-state index contributed by atoms with van der Waals surface area (Å²) in [6.07, 6.45) is 0.802. The Labute approximate surface area is 153 Å². The topological polar surface area (TPSA) is 76.7 Å². The maximum absolute atomic E-state index is 12.1. The van der Waals surface area contributed by atoms with Gasteiger partial charge in [-0.05, 0) is 49.7 Å². The zero-order valence-electron chi connectivity index (χ0n) is 15.1. The molecular formula is C20H24N2O4. The summed E-state index contributed by atoms with van der Waals surface area (Å²) in [5, 5.41) is 5.84. The minimum absolute atomic E-state index is 0.160. The summed E-state index contributed by atoms with van der Waals surface area (Å²) in [6.45, 7) is 2.85. The quantitative estimate of drug-likeness (QED) is 0.534. The standard InChI is InChI=1S/C20H24N2O4/c1-3-26-20(24)17-6-4-5-7-18(17)22-19(23)14-21-13-12-15-8-10-16(25-2)11-9-15/h4-11,21H,3,12-14H2,1-2H3,(H,22,23). The molecule has 0 saturated carbocycles. The van der Waals surface area contributed by atoms with Crippen molar-refractivity contribution in [1.29, 1.82) is 0 Å². The van der Waals surface area contributed by atoms with E-state index in [0.717, 1.165) is 17.7 Å². The first-order chi connectivity index (χ1) is 12.6. The first kappa shape index (κ1) is 19.5. The predicted molar refractivity (Wildman–Crippen MR) is 101 cm³/mol. The normalized spacial score (nSPS) is 10.2. The van der Waals surface area contributed by atoms with Crippen molar-refractivity contribution in [2.45, 2.75) is 13.3 Å². The van der Waals surface area contributed by atoms with Crippen LogP contribution in [0.5, 0.6) is 5.75 Å². The second-order valence-corrected chi connectivity index (χ2v) is 5.59. The molecule has 6 nitrogen and oxygen atoms in total. The molecule has 26 heavy (non-hydrogen) atoms. The van der Waals surface area contributed by atoms with Crippen LogP contribution in [0.4, 0.5) is 5.69 Å². The van der Waals surface area contributed by atoms with Crippen molar-refractivity contribution in [2.24, 2.45) is 0 Å². The van der Waals surface area contributed by atoms with Crippen LogP contribution in [0.3, 0.4) is 0 Å². The molecule has 0 aromatic heterocycles. The Kier molecular flexibility index (Phi) is 7.64. The molecule has 2 rings (SSSR count). The third kappa shape index (κ3) is 5.89. The maximum atomic E-state index is 12.1. The van der Waals surface area contributed by atoms with E-state index >= 15 is 0 Å². The highest BCUT2D eigenvalue weighted by atomic mass is 16.5. The van der Waals surface area contributed by atoms with Gasteiger partial charge in [-0.25, -0.2) is 4.79 Å². The number of carbonyl (C=O) groups is 2. The van der Waals surface area contributed by atoms with Gasteiger partial charge < -0.3 is 20.1 Å². The molecule has 0 atom stereocenters. The minimum Gasteiger partial charge on any atom is -0.497 e. The number of methoxy groups -OCH3 is 1. The Hall–Kier alpha value is -2.86. The Morgan fingerprint density at radius 3 is 2.46 bits per heavy atom. The molecule has 0 spiro atoms. The van der Waals surface area contributed by atoms with Gasteiger partial charge in [0.1, 0.15) is 5.75 Å². The molecule has 0 fully saturated rings. The average Bonchev–Trinajstić information content (AvgIpc) is 2.66. The third-order valence-electron chi connectivity index (χ3n) is 3.73. The highest BCUT2D eigenvalue weighted by Crippen LogP contribution is 2.16. The van der Waals surface area contributed by atoms with Crippen LogP contribution in [-0.2, 0) is 16.0 Å². The Morgan fingerprint density at radius 2 is 1.77 bits per heavy atom. The van der Waals surface area contributed by atoms with E-state index in [0.29, 0.717) is 17.8 Å². The summed E-state index contributed by atoms with van der Waals surface area (Å²) in [7, 11) is 1.63. The number of carbonyl (C=O) groups excluding carboxylic acids is 2. The smallest absolute Gasteiger partial charge is 0.340 e. The summed E-state index contributed by atoms with van der Waals surface area (Å²) in [5.41, 5.74) is 1.96. The molecule has 2 aromatic carbocycles. The van der Waals surface area contributed by atoms with E-state index in [1.165, 1.54) is 0 Å².